The molecule has 0 radical (unpaired) electrons. The van der Waals surface area contributed by atoms with Gasteiger partial charge in [0.1, 0.15) is 5.00 Å². The normalized spacial score (nSPS) is 12.0. The van der Waals surface area contributed by atoms with Crippen molar-refractivity contribution in [1.82, 2.24) is 9.97 Å². The van der Waals surface area contributed by atoms with Crippen molar-refractivity contribution in [1.29, 1.82) is 0 Å². The van der Waals surface area contributed by atoms with E-state index in [2.05, 4.69) is 14.7 Å². The number of thiophene rings is 1. The number of hydrogen-bond acceptors (Lipinski definition) is 4. The molecule has 0 aliphatic rings. The number of sulfonamides is 1. The summed E-state index contributed by atoms with van der Waals surface area (Å²) >= 11 is 1.42. The third-order valence-electron chi connectivity index (χ3n) is 3.69. The topological polar surface area (TPSA) is 74.8 Å². The van der Waals surface area contributed by atoms with Crippen molar-refractivity contribution in [2.75, 3.05) is 4.72 Å². The fourth-order valence-electron chi connectivity index (χ4n) is 2.50. The lowest BCUT2D eigenvalue weighted by molar-refractivity contribution is 0.594. The smallest absolute Gasteiger partial charge is 0.296 e. The molecule has 2 N–H and O–H groups in total. The highest BCUT2D eigenvalue weighted by Gasteiger charge is 2.21. The molecule has 0 fully saturated rings. The summed E-state index contributed by atoms with van der Waals surface area (Å²) < 4.78 is 28.9. The van der Waals surface area contributed by atoms with Gasteiger partial charge in [0, 0.05) is 4.70 Å². The summed E-state index contributed by atoms with van der Waals surface area (Å²) in [4.78, 5) is 7.02. The molecule has 4 rings (SSSR count). The van der Waals surface area contributed by atoms with Gasteiger partial charge in [0.05, 0.1) is 11.0 Å². The fourth-order valence-corrected chi connectivity index (χ4v) is 4.91. The van der Waals surface area contributed by atoms with Crippen molar-refractivity contribution < 1.29 is 8.42 Å². The number of imidazole rings is 1. The standard InChI is InChI=1S/C16H13N3O2S2/c1-10-11-6-2-5-9-14(11)22-15(10)19-23(20,21)16-17-12-7-3-4-8-13(12)18-16/h2-9,19H,1H3,(H,17,18). The summed E-state index contributed by atoms with van der Waals surface area (Å²) in [5.74, 6) is 0. The lowest BCUT2D eigenvalue weighted by atomic mass is 10.2. The molecule has 0 saturated carbocycles. The first-order chi connectivity index (χ1) is 11.0. The lowest BCUT2D eigenvalue weighted by Gasteiger charge is -2.04. The Hall–Kier alpha value is -2.38. The molecule has 0 amide bonds. The van der Waals surface area contributed by atoms with Crippen LogP contribution in [0, 0.1) is 6.92 Å². The van der Waals surface area contributed by atoms with E-state index in [1.54, 1.807) is 12.1 Å². The number of rotatable bonds is 3. The molecule has 0 saturated heterocycles. The molecule has 4 aromatic rings. The number of H-pyrrole nitrogens is 1. The molecule has 116 valence electrons. The van der Waals surface area contributed by atoms with Crippen LogP contribution in [0.4, 0.5) is 5.00 Å². The Morgan fingerprint density at radius 1 is 1.09 bits per heavy atom. The molecule has 2 aromatic carbocycles. The zero-order valence-electron chi connectivity index (χ0n) is 12.2. The van der Waals surface area contributed by atoms with Gasteiger partial charge in [-0.25, -0.2) is 4.98 Å². The van der Waals surface area contributed by atoms with Gasteiger partial charge < -0.3 is 4.98 Å². The molecule has 23 heavy (non-hydrogen) atoms. The molecule has 0 bridgehead atoms. The van der Waals surface area contributed by atoms with Crippen molar-refractivity contribution >= 4 is 47.5 Å². The summed E-state index contributed by atoms with van der Waals surface area (Å²) in [6.07, 6.45) is 0. The molecule has 7 heteroatoms. The largest absolute Gasteiger partial charge is 0.327 e. The summed E-state index contributed by atoms with van der Waals surface area (Å²) in [7, 11) is -3.75. The van der Waals surface area contributed by atoms with Crippen molar-refractivity contribution in [2.45, 2.75) is 12.1 Å². The average molecular weight is 343 g/mol. The van der Waals surface area contributed by atoms with Crippen LogP contribution in [-0.4, -0.2) is 18.4 Å². The molecule has 0 aliphatic carbocycles. The van der Waals surface area contributed by atoms with E-state index in [-0.39, 0.29) is 5.16 Å². The number of anilines is 1. The summed E-state index contributed by atoms with van der Waals surface area (Å²) in [5, 5.41) is 1.60. The second kappa shape index (κ2) is 5.07. The minimum absolute atomic E-state index is 0.0736. The van der Waals surface area contributed by atoms with Crippen LogP contribution >= 0.6 is 11.3 Å². The number of nitrogens with zero attached hydrogens (tertiary/aromatic N) is 1. The lowest BCUT2D eigenvalue weighted by Crippen LogP contribution is -2.14. The van der Waals surface area contributed by atoms with E-state index >= 15 is 0 Å². The van der Waals surface area contributed by atoms with E-state index in [0.717, 1.165) is 15.6 Å². The van der Waals surface area contributed by atoms with Gasteiger partial charge in [0.15, 0.2) is 0 Å². The SMILES string of the molecule is Cc1c(NS(=O)(=O)c2nc3ccccc3[nH]2)sc2ccccc12. The van der Waals surface area contributed by atoms with Gasteiger partial charge in [-0.05, 0) is 36.1 Å². The monoisotopic (exact) mass is 343 g/mol. The maximum absolute atomic E-state index is 12.6. The van der Waals surface area contributed by atoms with Crippen molar-refractivity contribution in [2.24, 2.45) is 0 Å². The molecule has 0 atom stereocenters. The van der Waals surface area contributed by atoms with E-state index in [9.17, 15) is 8.42 Å². The first kappa shape index (κ1) is 14.2. The van der Waals surface area contributed by atoms with Crippen LogP contribution < -0.4 is 4.72 Å². The van der Waals surface area contributed by atoms with Crippen LogP contribution in [0.2, 0.25) is 0 Å². The number of nitrogens with one attached hydrogen (secondary N) is 2. The predicted molar refractivity (Wildman–Crippen MR) is 93.5 cm³/mol. The van der Waals surface area contributed by atoms with E-state index in [1.165, 1.54) is 11.3 Å². The summed E-state index contributed by atoms with van der Waals surface area (Å²) in [6, 6.07) is 15.1. The number of fused-ring (bicyclic) bond motifs is 2. The Morgan fingerprint density at radius 3 is 2.61 bits per heavy atom. The van der Waals surface area contributed by atoms with Gasteiger partial charge >= 0.3 is 0 Å². The number of aromatic amines is 1. The first-order valence-corrected chi connectivity index (χ1v) is 9.30. The van der Waals surface area contributed by atoms with Gasteiger partial charge in [0.2, 0.25) is 5.16 Å². The second-order valence-corrected chi connectivity index (χ2v) is 7.87. The van der Waals surface area contributed by atoms with E-state index in [0.29, 0.717) is 16.0 Å². The van der Waals surface area contributed by atoms with Gasteiger partial charge in [-0.15, -0.1) is 11.3 Å². The fraction of sp³-hybridized carbons (Fsp3) is 0.0625. The Labute approximate surface area is 137 Å². The number of hydrogen-bond donors (Lipinski definition) is 2. The zero-order valence-corrected chi connectivity index (χ0v) is 13.8. The van der Waals surface area contributed by atoms with Gasteiger partial charge in [-0.3, -0.25) is 4.72 Å². The van der Waals surface area contributed by atoms with E-state index in [1.807, 2.05) is 43.3 Å². The third kappa shape index (κ3) is 2.38. The van der Waals surface area contributed by atoms with Crippen molar-refractivity contribution in [3.05, 3.63) is 54.1 Å². The van der Waals surface area contributed by atoms with Crippen LogP contribution in [-0.2, 0) is 10.0 Å². The highest BCUT2D eigenvalue weighted by atomic mass is 32.2. The van der Waals surface area contributed by atoms with Gasteiger partial charge in [-0.1, -0.05) is 30.3 Å². The number of aromatic nitrogens is 2. The van der Waals surface area contributed by atoms with Crippen LogP contribution in [0.15, 0.2) is 53.7 Å². The van der Waals surface area contributed by atoms with Crippen molar-refractivity contribution in [3.8, 4) is 0 Å². The van der Waals surface area contributed by atoms with E-state index < -0.39 is 10.0 Å². The Bertz CT molecular complexity index is 1090. The second-order valence-electron chi connectivity index (χ2n) is 5.22. The predicted octanol–water partition coefficient (Wildman–Crippen LogP) is 3.89. The Balaban J connectivity index is 1.77. The summed E-state index contributed by atoms with van der Waals surface area (Å²) in [6.45, 7) is 1.91. The minimum atomic E-state index is -3.75. The molecule has 0 aliphatic heterocycles. The van der Waals surface area contributed by atoms with Crippen LogP contribution in [0.3, 0.4) is 0 Å². The first-order valence-electron chi connectivity index (χ1n) is 7.00. The molecule has 0 spiro atoms. The van der Waals surface area contributed by atoms with E-state index in [4.69, 9.17) is 0 Å². The number of benzene rings is 2. The van der Waals surface area contributed by atoms with Crippen molar-refractivity contribution in [3.63, 3.8) is 0 Å². The number of para-hydroxylation sites is 2. The highest BCUT2D eigenvalue weighted by molar-refractivity contribution is 7.92. The Kier molecular flexibility index (Phi) is 3.14. The Morgan fingerprint density at radius 2 is 1.83 bits per heavy atom. The van der Waals surface area contributed by atoms with Gasteiger partial charge in [-0.2, -0.15) is 8.42 Å². The number of aryl methyl sites for hydroxylation is 1. The molecule has 2 aromatic heterocycles. The molecule has 2 heterocycles. The molecular weight excluding hydrogens is 330 g/mol. The van der Waals surface area contributed by atoms with Gasteiger partial charge in [0.25, 0.3) is 10.0 Å². The van der Waals surface area contributed by atoms with Crippen LogP contribution in [0.5, 0.6) is 0 Å². The summed E-state index contributed by atoms with van der Waals surface area (Å²) in [5.41, 5.74) is 2.24. The zero-order chi connectivity index (χ0) is 16.0. The minimum Gasteiger partial charge on any atom is -0.327 e. The maximum Gasteiger partial charge on any atom is 0.296 e. The van der Waals surface area contributed by atoms with Crippen LogP contribution in [0.25, 0.3) is 21.1 Å². The quantitative estimate of drug-likeness (QED) is 0.593. The average Bonchev–Trinajstić information content (AvgIpc) is 3.10. The molecule has 0 unspecified atom stereocenters. The molecule has 5 nitrogen and oxygen atoms in total. The maximum atomic E-state index is 12.6. The highest BCUT2D eigenvalue weighted by Crippen LogP contribution is 2.35. The molecular formula is C16H13N3O2S2. The van der Waals surface area contributed by atoms with Crippen LogP contribution in [0.1, 0.15) is 5.56 Å². The third-order valence-corrected chi connectivity index (χ3v) is 6.19.